The van der Waals surface area contributed by atoms with E-state index in [1.807, 2.05) is 12.1 Å². The zero-order chi connectivity index (χ0) is 35.1. The maximum absolute atomic E-state index is 6.50. The summed E-state index contributed by atoms with van der Waals surface area (Å²) >= 11 is 0. The van der Waals surface area contributed by atoms with Gasteiger partial charge in [-0.25, -0.2) is 4.98 Å². The van der Waals surface area contributed by atoms with Crippen molar-refractivity contribution in [3.63, 3.8) is 0 Å². The molecular weight excluding hydrogens is 645 g/mol. The lowest BCUT2D eigenvalue weighted by molar-refractivity contribution is 0.654. The molecule has 3 heteroatoms. The summed E-state index contributed by atoms with van der Waals surface area (Å²) in [5.74, 6) is 0.626. The molecule has 10 rings (SSSR count). The molecule has 0 saturated carbocycles. The number of furan rings is 1. The Morgan fingerprint density at radius 1 is 0.321 bits per heavy atom. The van der Waals surface area contributed by atoms with Crippen LogP contribution in [-0.2, 0) is 0 Å². The fourth-order valence-electron chi connectivity index (χ4n) is 7.48. The van der Waals surface area contributed by atoms with Crippen molar-refractivity contribution in [1.29, 1.82) is 0 Å². The molecule has 53 heavy (non-hydrogen) atoms. The second-order valence-corrected chi connectivity index (χ2v) is 13.4. The lowest BCUT2D eigenvalue weighted by atomic mass is 9.92. The van der Waals surface area contributed by atoms with Crippen LogP contribution in [0.1, 0.15) is 0 Å². The SMILES string of the molecule is c1ccc(-c2cc(-c3ccccc3)cc(-c3cccc(-c4cccc(-c5nc(-c6ccccc6)c6c(n5)oc5ccc7ccccc7c56)c4)c3)c2)cc1. The first kappa shape index (κ1) is 30.7. The van der Waals surface area contributed by atoms with Crippen LogP contribution in [0.4, 0.5) is 0 Å². The number of fused-ring (bicyclic) bond motifs is 5. The second kappa shape index (κ2) is 12.9. The van der Waals surface area contributed by atoms with Crippen molar-refractivity contribution in [2.45, 2.75) is 0 Å². The van der Waals surface area contributed by atoms with Crippen molar-refractivity contribution in [2.75, 3.05) is 0 Å². The Morgan fingerprint density at radius 3 is 1.43 bits per heavy atom. The van der Waals surface area contributed by atoms with E-state index in [1.54, 1.807) is 0 Å². The highest BCUT2D eigenvalue weighted by Crippen LogP contribution is 2.40. The molecule has 10 aromatic rings. The predicted octanol–water partition coefficient (Wildman–Crippen LogP) is 13.5. The summed E-state index contributed by atoms with van der Waals surface area (Å²) in [6.07, 6.45) is 0. The van der Waals surface area contributed by atoms with E-state index in [4.69, 9.17) is 14.4 Å². The van der Waals surface area contributed by atoms with Gasteiger partial charge in [-0.1, -0.05) is 158 Å². The number of aromatic nitrogens is 2. The van der Waals surface area contributed by atoms with E-state index in [9.17, 15) is 0 Å². The van der Waals surface area contributed by atoms with Crippen LogP contribution in [0.5, 0.6) is 0 Å². The third-order valence-electron chi connectivity index (χ3n) is 10.1. The predicted molar refractivity (Wildman–Crippen MR) is 219 cm³/mol. The van der Waals surface area contributed by atoms with Gasteiger partial charge in [0.25, 0.3) is 0 Å². The third-order valence-corrected chi connectivity index (χ3v) is 10.1. The molecule has 0 bridgehead atoms. The van der Waals surface area contributed by atoms with Gasteiger partial charge >= 0.3 is 0 Å². The van der Waals surface area contributed by atoms with Crippen LogP contribution in [0.2, 0.25) is 0 Å². The van der Waals surface area contributed by atoms with Gasteiger partial charge in [-0.2, -0.15) is 4.98 Å². The summed E-state index contributed by atoms with van der Waals surface area (Å²) in [4.78, 5) is 10.4. The largest absolute Gasteiger partial charge is 0.438 e. The topological polar surface area (TPSA) is 38.9 Å². The van der Waals surface area contributed by atoms with Crippen molar-refractivity contribution in [1.82, 2.24) is 9.97 Å². The number of benzene rings is 8. The van der Waals surface area contributed by atoms with E-state index in [-0.39, 0.29) is 0 Å². The summed E-state index contributed by atoms with van der Waals surface area (Å²) < 4.78 is 6.50. The highest BCUT2D eigenvalue weighted by Gasteiger charge is 2.20. The Labute approximate surface area is 307 Å². The minimum Gasteiger partial charge on any atom is -0.438 e. The Balaban J connectivity index is 1.10. The standard InChI is InChI=1S/C50H32N2O/c1-4-14-33(15-5-1)41-30-42(34-16-6-2-7-17-34)32-43(31-41)39-23-12-21-37(28-39)38-22-13-24-40(29-38)49-51-48(36-19-8-3-9-20-36)47-46-44-25-11-10-18-35(44)26-27-45(46)53-50(47)52-49/h1-32H. The number of hydrogen-bond acceptors (Lipinski definition) is 3. The minimum absolute atomic E-state index is 0.583. The van der Waals surface area contributed by atoms with Gasteiger partial charge in [0.15, 0.2) is 5.82 Å². The molecule has 8 aromatic carbocycles. The Kier molecular flexibility index (Phi) is 7.47. The molecule has 0 aliphatic heterocycles. The molecule has 0 N–H and O–H groups in total. The van der Waals surface area contributed by atoms with Crippen molar-refractivity contribution in [3.05, 3.63) is 194 Å². The van der Waals surface area contributed by atoms with E-state index in [2.05, 4.69) is 182 Å². The summed E-state index contributed by atoms with van der Waals surface area (Å²) in [5.41, 5.74) is 13.5. The third kappa shape index (κ3) is 5.65. The molecule has 0 spiro atoms. The zero-order valence-electron chi connectivity index (χ0n) is 28.8. The highest BCUT2D eigenvalue weighted by atomic mass is 16.3. The quantitative estimate of drug-likeness (QED) is 0.176. The maximum atomic E-state index is 6.50. The number of rotatable bonds is 6. The van der Waals surface area contributed by atoms with E-state index < -0.39 is 0 Å². The zero-order valence-corrected chi connectivity index (χ0v) is 28.8. The van der Waals surface area contributed by atoms with E-state index in [0.717, 1.165) is 60.6 Å². The van der Waals surface area contributed by atoms with E-state index in [0.29, 0.717) is 11.5 Å². The average molecular weight is 677 g/mol. The molecule has 0 amide bonds. The molecule has 2 aromatic heterocycles. The number of hydrogen-bond donors (Lipinski definition) is 0. The fourth-order valence-corrected chi connectivity index (χ4v) is 7.48. The normalized spacial score (nSPS) is 11.4. The van der Waals surface area contributed by atoms with Gasteiger partial charge < -0.3 is 4.42 Å². The maximum Gasteiger partial charge on any atom is 0.231 e. The van der Waals surface area contributed by atoms with Crippen LogP contribution in [0.3, 0.4) is 0 Å². The van der Waals surface area contributed by atoms with E-state index in [1.165, 1.54) is 27.8 Å². The molecule has 0 radical (unpaired) electrons. The van der Waals surface area contributed by atoms with Crippen LogP contribution in [0, 0.1) is 0 Å². The van der Waals surface area contributed by atoms with Crippen LogP contribution < -0.4 is 0 Å². The molecule has 2 heterocycles. The van der Waals surface area contributed by atoms with Gasteiger partial charge in [0, 0.05) is 16.5 Å². The van der Waals surface area contributed by atoms with Crippen molar-refractivity contribution in [2.24, 2.45) is 0 Å². The summed E-state index contributed by atoms with van der Waals surface area (Å²) in [5, 5.41) is 4.26. The Morgan fingerprint density at radius 2 is 0.792 bits per heavy atom. The van der Waals surface area contributed by atoms with Crippen LogP contribution in [0.25, 0.3) is 100.0 Å². The fraction of sp³-hybridized carbons (Fsp3) is 0. The lowest BCUT2D eigenvalue weighted by Gasteiger charge is -2.13. The molecular formula is C50H32N2O. The first-order valence-electron chi connectivity index (χ1n) is 17.9. The van der Waals surface area contributed by atoms with E-state index >= 15 is 0 Å². The van der Waals surface area contributed by atoms with Gasteiger partial charge in [0.05, 0.1) is 11.1 Å². The average Bonchev–Trinajstić information content (AvgIpc) is 3.63. The molecule has 0 aliphatic rings. The molecule has 3 nitrogen and oxygen atoms in total. The first-order chi connectivity index (χ1) is 26.2. The van der Waals surface area contributed by atoms with Gasteiger partial charge in [-0.3, -0.25) is 0 Å². The molecule has 0 unspecified atom stereocenters. The van der Waals surface area contributed by atoms with Crippen LogP contribution in [0.15, 0.2) is 199 Å². The molecule has 0 aliphatic carbocycles. The molecule has 248 valence electrons. The Bertz CT molecular complexity index is 2870. The summed E-state index contributed by atoms with van der Waals surface area (Å²) in [7, 11) is 0. The Hall–Kier alpha value is -7.10. The number of nitrogens with zero attached hydrogens (tertiary/aromatic N) is 2. The first-order valence-corrected chi connectivity index (χ1v) is 17.9. The van der Waals surface area contributed by atoms with Gasteiger partial charge in [-0.05, 0) is 91.7 Å². The smallest absolute Gasteiger partial charge is 0.231 e. The monoisotopic (exact) mass is 676 g/mol. The molecule has 0 atom stereocenters. The second-order valence-electron chi connectivity index (χ2n) is 13.4. The van der Waals surface area contributed by atoms with Gasteiger partial charge in [-0.15, -0.1) is 0 Å². The molecule has 0 fully saturated rings. The highest BCUT2D eigenvalue weighted by molar-refractivity contribution is 6.21. The summed E-state index contributed by atoms with van der Waals surface area (Å²) in [6, 6.07) is 68.3. The van der Waals surface area contributed by atoms with Crippen molar-refractivity contribution < 1.29 is 4.42 Å². The van der Waals surface area contributed by atoms with Crippen LogP contribution >= 0.6 is 0 Å². The van der Waals surface area contributed by atoms with Crippen LogP contribution in [-0.4, -0.2) is 9.97 Å². The molecule has 0 saturated heterocycles. The minimum atomic E-state index is 0.583. The van der Waals surface area contributed by atoms with Gasteiger partial charge in [0.1, 0.15) is 5.58 Å². The van der Waals surface area contributed by atoms with Gasteiger partial charge in [0.2, 0.25) is 5.71 Å². The summed E-state index contributed by atoms with van der Waals surface area (Å²) in [6.45, 7) is 0. The van der Waals surface area contributed by atoms with Crippen molar-refractivity contribution in [3.8, 4) is 67.2 Å². The van der Waals surface area contributed by atoms with Crippen molar-refractivity contribution >= 4 is 32.8 Å². The lowest BCUT2D eigenvalue weighted by Crippen LogP contribution is -1.94.